The first kappa shape index (κ1) is 19.7. The van der Waals surface area contributed by atoms with E-state index in [-0.39, 0.29) is 23.3 Å². The van der Waals surface area contributed by atoms with E-state index in [1.807, 2.05) is 12.4 Å². The molecule has 0 spiro atoms. The Balaban J connectivity index is 2.24. The summed E-state index contributed by atoms with van der Waals surface area (Å²) in [6.45, 7) is 1.49. The predicted octanol–water partition coefficient (Wildman–Crippen LogP) is 1.09. The van der Waals surface area contributed by atoms with Gasteiger partial charge in [-0.05, 0) is 12.1 Å². The molecule has 0 heterocycles. The van der Waals surface area contributed by atoms with E-state index in [0.717, 1.165) is 18.3 Å². The van der Waals surface area contributed by atoms with Crippen LogP contribution in [0, 0.1) is 10.1 Å². The summed E-state index contributed by atoms with van der Waals surface area (Å²) in [5.41, 5.74) is -0.101. The zero-order chi connectivity index (χ0) is 17.9. The Hall–Kier alpha value is -2.33. The van der Waals surface area contributed by atoms with Crippen LogP contribution < -0.4 is 10.1 Å². The number of likely N-dealkylation sites (N-methyl/N-ethyl adjacent to an activating group) is 2. The molecule has 1 aromatic rings. The summed E-state index contributed by atoms with van der Waals surface area (Å²) in [5, 5.41) is 12.4. The molecule has 0 saturated carbocycles. The zero-order valence-corrected chi connectivity index (χ0v) is 14.3. The molecule has 1 aromatic carbocycles. The van der Waals surface area contributed by atoms with Gasteiger partial charge in [0.1, 0.15) is 12.4 Å². The number of thioether (sulfide) groups is 1. The first-order valence-electron chi connectivity index (χ1n) is 7.18. The molecule has 0 aliphatic carbocycles. The lowest BCUT2D eigenvalue weighted by atomic mass is 10.3. The van der Waals surface area contributed by atoms with Crippen molar-refractivity contribution in [2.45, 2.75) is 0 Å². The van der Waals surface area contributed by atoms with Gasteiger partial charge in [0.15, 0.2) is 0 Å². The van der Waals surface area contributed by atoms with Crippen LogP contribution in [0.25, 0.3) is 0 Å². The maximum atomic E-state index is 11.7. The first-order valence-corrected chi connectivity index (χ1v) is 8.17. The third kappa shape index (κ3) is 7.29. The van der Waals surface area contributed by atoms with Gasteiger partial charge in [0.05, 0.1) is 25.1 Å². The van der Waals surface area contributed by atoms with E-state index >= 15 is 0 Å². The zero-order valence-electron chi connectivity index (χ0n) is 13.5. The van der Waals surface area contributed by atoms with Crippen molar-refractivity contribution in [3.63, 3.8) is 0 Å². The number of non-ortho nitro benzene ring substituents is 1. The van der Waals surface area contributed by atoms with E-state index in [0.29, 0.717) is 12.3 Å². The Kier molecular flexibility index (Phi) is 8.58. The largest absolute Gasteiger partial charge is 0.513 e. The van der Waals surface area contributed by atoms with Crippen molar-refractivity contribution in [3.05, 3.63) is 34.4 Å². The van der Waals surface area contributed by atoms with E-state index in [4.69, 9.17) is 9.47 Å². The minimum atomic E-state index is -0.925. The molecule has 10 heteroatoms. The van der Waals surface area contributed by atoms with Gasteiger partial charge in [-0.1, -0.05) is 11.8 Å². The highest BCUT2D eigenvalue weighted by atomic mass is 32.2. The topological polar surface area (TPSA) is 116 Å². The number of nitrogens with two attached hydrogens (primary N) is 1. The molecule has 2 N–H and O–H groups in total. The van der Waals surface area contributed by atoms with E-state index < -0.39 is 11.1 Å². The molecule has 0 radical (unpaired) electrons. The smallest absolute Gasteiger partial charge is 0.433 e. The van der Waals surface area contributed by atoms with Crippen molar-refractivity contribution in [1.82, 2.24) is 4.90 Å². The molecule has 0 unspecified atom stereocenters. The fourth-order valence-corrected chi connectivity index (χ4v) is 2.19. The Morgan fingerprint density at radius 2 is 2.00 bits per heavy atom. The highest BCUT2D eigenvalue weighted by Crippen LogP contribution is 2.17. The third-order valence-corrected chi connectivity index (χ3v) is 3.77. The SMILES string of the molecule is C[NH2+]CCN(C)C(=O)SCCOC(=O)Oc1ccc([N+](=O)[O-])cc1. The van der Waals surface area contributed by atoms with Crippen LogP contribution in [0.15, 0.2) is 24.3 Å². The van der Waals surface area contributed by atoms with Crippen LogP contribution in [0.1, 0.15) is 0 Å². The van der Waals surface area contributed by atoms with E-state index in [1.165, 1.54) is 24.3 Å². The number of ether oxygens (including phenoxy) is 2. The van der Waals surface area contributed by atoms with Gasteiger partial charge in [-0.2, -0.15) is 0 Å². The number of hydrogen-bond donors (Lipinski definition) is 1. The molecule has 0 bridgehead atoms. The van der Waals surface area contributed by atoms with E-state index in [1.54, 1.807) is 11.9 Å². The van der Waals surface area contributed by atoms with Gasteiger partial charge in [0, 0.05) is 24.9 Å². The van der Waals surface area contributed by atoms with Crippen LogP contribution in [-0.4, -0.2) is 60.8 Å². The van der Waals surface area contributed by atoms with Gasteiger partial charge in [-0.3, -0.25) is 14.9 Å². The summed E-state index contributed by atoms with van der Waals surface area (Å²) in [7, 11) is 3.64. The molecule has 24 heavy (non-hydrogen) atoms. The highest BCUT2D eigenvalue weighted by molar-refractivity contribution is 8.13. The molecule has 0 aliphatic heterocycles. The molecular formula is C14H20N3O6S+. The Morgan fingerprint density at radius 1 is 1.33 bits per heavy atom. The van der Waals surface area contributed by atoms with Gasteiger partial charge in [0.25, 0.3) is 10.9 Å². The number of quaternary nitrogens is 1. The second-order valence-electron chi connectivity index (χ2n) is 4.68. The summed E-state index contributed by atoms with van der Waals surface area (Å²) in [4.78, 5) is 34.7. The fraction of sp³-hybridized carbons (Fsp3) is 0.429. The maximum Gasteiger partial charge on any atom is 0.513 e. The van der Waals surface area contributed by atoms with Crippen LogP contribution in [0.2, 0.25) is 0 Å². The number of rotatable bonds is 8. The van der Waals surface area contributed by atoms with Crippen LogP contribution in [0.4, 0.5) is 15.3 Å². The number of benzene rings is 1. The summed E-state index contributed by atoms with van der Waals surface area (Å²) in [6, 6.07) is 5.05. The lowest BCUT2D eigenvalue weighted by Gasteiger charge is -2.14. The Labute approximate surface area is 143 Å². The summed E-state index contributed by atoms with van der Waals surface area (Å²) >= 11 is 1.05. The van der Waals surface area contributed by atoms with E-state index in [2.05, 4.69) is 0 Å². The number of carbonyl (C=O) groups excluding carboxylic acids is 2. The Morgan fingerprint density at radius 3 is 2.58 bits per heavy atom. The molecule has 0 aliphatic rings. The average molecular weight is 358 g/mol. The normalized spacial score (nSPS) is 10.1. The fourth-order valence-electron chi connectivity index (χ4n) is 1.54. The monoisotopic (exact) mass is 358 g/mol. The molecule has 0 saturated heterocycles. The molecule has 132 valence electrons. The number of carbonyl (C=O) groups is 2. The predicted molar refractivity (Wildman–Crippen MR) is 88.3 cm³/mol. The number of hydrogen-bond acceptors (Lipinski definition) is 7. The van der Waals surface area contributed by atoms with Crippen molar-refractivity contribution in [3.8, 4) is 5.75 Å². The van der Waals surface area contributed by atoms with Gasteiger partial charge in [-0.25, -0.2) is 4.79 Å². The second kappa shape index (κ2) is 10.4. The minimum Gasteiger partial charge on any atom is -0.433 e. The van der Waals surface area contributed by atoms with Crippen molar-refractivity contribution in [2.24, 2.45) is 0 Å². The van der Waals surface area contributed by atoms with Crippen molar-refractivity contribution in [1.29, 1.82) is 0 Å². The molecule has 1 amide bonds. The number of nitro benzene ring substituents is 1. The van der Waals surface area contributed by atoms with E-state index in [9.17, 15) is 19.7 Å². The van der Waals surface area contributed by atoms with Gasteiger partial charge >= 0.3 is 6.16 Å². The summed E-state index contributed by atoms with van der Waals surface area (Å²) in [5.74, 6) is 0.457. The van der Waals surface area contributed by atoms with Crippen LogP contribution in [0.5, 0.6) is 5.75 Å². The number of nitro groups is 1. The van der Waals surface area contributed by atoms with Crippen molar-refractivity contribution in [2.75, 3.05) is 39.5 Å². The summed E-state index contributed by atoms with van der Waals surface area (Å²) < 4.78 is 9.71. The minimum absolute atomic E-state index is 0.0238. The second-order valence-corrected chi connectivity index (χ2v) is 5.73. The number of nitrogens with zero attached hydrogens (tertiary/aromatic N) is 2. The molecule has 0 fully saturated rings. The standard InChI is InChI=1S/C14H19N3O6S/c1-15-7-8-16(2)13(18)24-10-9-22-14(19)23-12-5-3-11(4-6-12)17(20)21/h3-6,15H,7-10H2,1-2H3/p+1. The van der Waals surface area contributed by atoms with Gasteiger partial charge in [-0.15, -0.1) is 0 Å². The highest BCUT2D eigenvalue weighted by Gasteiger charge is 2.12. The first-order chi connectivity index (χ1) is 11.4. The van der Waals surface area contributed by atoms with Gasteiger partial charge < -0.3 is 19.7 Å². The molecular weight excluding hydrogens is 338 g/mol. The quantitative estimate of drug-likeness (QED) is 0.243. The van der Waals surface area contributed by atoms with Crippen molar-refractivity contribution >= 4 is 28.8 Å². The van der Waals surface area contributed by atoms with Crippen LogP contribution in [-0.2, 0) is 4.74 Å². The maximum absolute atomic E-state index is 11.7. The molecule has 0 aromatic heterocycles. The Bertz CT molecular complexity index is 566. The lowest BCUT2D eigenvalue weighted by Crippen LogP contribution is -2.81. The van der Waals surface area contributed by atoms with Crippen LogP contribution in [0.3, 0.4) is 0 Å². The molecule has 1 rings (SSSR count). The number of amides is 1. The average Bonchev–Trinajstić information content (AvgIpc) is 2.56. The molecule has 0 atom stereocenters. The van der Waals surface area contributed by atoms with Gasteiger partial charge in [0.2, 0.25) is 0 Å². The van der Waals surface area contributed by atoms with Crippen molar-refractivity contribution < 1.29 is 29.3 Å². The third-order valence-electron chi connectivity index (χ3n) is 2.84. The lowest BCUT2D eigenvalue weighted by molar-refractivity contribution is -0.626. The molecule has 9 nitrogen and oxygen atoms in total. The van der Waals surface area contributed by atoms with Crippen LogP contribution >= 0.6 is 11.8 Å². The summed E-state index contributed by atoms with van der Waals surface area (Å²) in [6.07, 6.45) is -0.925.